The minimum absolute atomic E-state index is 0.123. The molecule has 39 heavy (non-hydrogen) atoms. The summed E-state index contributed by atoms with van der Waals surface area (Å²) in [5, 5.41) is 4.85. The highest BCUT2D eigenvalue weighted by atomic mass is 32.1. The molecular formula is C33H48N3O2S+. The molecule has 0 saturated carbocycles. The number of amides is 2. The van der Waals surface area contributed by atoms with Gasteiger partial charge in [-0.1, -0.05) is 113 Å². The fraction of sp³-hybridized carbons (Fsp3) is 0.515. The lowest BCUT2D eigenvalue weighted by Crippen LogP contribution is -2.38. The maximum atomic E-state index is 12.7. The molecule has 6 heteroatoms. The lowest BCUT2D eigenvalue weighted by Gasteiger charge is -2.23. The molecule has 3 rings (SSSR count). The van der Waals surface area contributed by atoms with Crippen LogP contribution in [0.1, 0.15) is 95.1 Å². The molecule has 0 saturated heterocycles. The Morgan fingerprint density at radius 2 is 1.54 bits per heavy atom. The van der Waals surface area contributed by atoms with Crippen LogP contribution in [-0.2, 0) is 13.1 Å². The van der Waals surface area contributed by atoms with Gasteiger partial charge < -0.3 is 10.1 Å². The van der Waals surface area contributed by atoms with E-state index in [9.17, 15) is 4.79 Å². The molecular weight excluding hydrogens is 502 g/mol. The third kappa shape index (κ3) is 11.8. The van der Waals surface area contributed by atoms with Gasteiger partial charge in [-0.25, -0.2) is 4.79 Å². The van der Waals surface area contributed by atoms with Crippen LogP contribution < -0.4 is 19.5 Å². The van der Waals surface area contributed by atoms with E-state index in [1.807, 2.05) is 24.3 Å². The predicted octanol–water partition coefficient (Wildman–Crippen LogP) is 8.51. The van der Waals surface area contributed by atoms with Gasteiger partial charge in [-0.05, 0) is 36.2 Å². The number of ether oxygens (including phenoxy) is 1. The van der Waals surface area contributed by atoms with Crippen LogP contribution in [-0.4, -0.2) is 19.7 Å². The molecule has 212 valence electrons. The van der Waals surface area contributed by atoms with Gasteiger partial charge in [0.1, 0.15) is 5.75 Å². The van der Waals surface area contributed by atoms with Gasteiger partial charge in [0, 0.05) is 18.3 Å². The van der Waals surface area contributed by atoms with Crippen molar-refractivity contribution >= 4 is 23.1 Å². The molecule has 1 aromatic heterocycles. The monoisotopic (exact) mass is 550 g/mol. The van der Waals surface area contributed by atoms with Gasteiger partial charge in [0.2, 0.25) is 5.51 Å². The van der Waals surface area contributed by atoms with Gasteiger partial charge in [-0.2, -0.15) is 4.57 Å². The highest BCUT2D eigenvalue weighted by Crippen LogP contribution is 2.21. The molecule has 0 radical (unpaired) electrons. The highest BCUT2D eigenvalue weighted by molar-refractivity contribution is 7.07. The zero-order valence-corrected chi connectivity index (χ0v) is 24.9. The number of thiazole rings is 1. The second-order valence-electron chi connectivity index (χ2n) is 10.4. The minimum atomic E-state index is -0.123. The molecule has 0 aliphatic rings. The number of nitrogens with zero attached hydrogens (tertiary/aromatic N) is 2. The molecule has 0 atom stereocenters. The van der Waals surface area contributed by atoms with Crippen molar-refractivity contribution in [1.29, 1.82) is 0 Å². The smallest absolute Gasteiger partial charge is 0.321 e. The number of anilines is 1. The molecule has 5 nitrogen and oxygen atoms in total. The molecule has 1 heterocycles. The zero-order valence-electron chi connectivity index (χ0n) is 24.1. The number of rotatable bonds is 19. The lowest BCUT2D eigenvalue weighted by molar-refractivity contribution is -0.683. The van der Waals surface area contributed by atoms with Crippen molar-refractivity contribution in [3.05, 3.63) is 76.7 Å². The minimum Gasteiger partial charge on any atom is -0.494 e. The number of urea groups is 1. The van der Waals surface area contributed by atoms with Crippen molar-refractivity contribution in [3.8, 4) is 5.75 Å². The molecule has 1 N–H and O–H groups in total. The highest BCUT2D eigenvalue weighted by Gasteiger charge is 2.16. The van der Waals surface area contributed by atoms with Crippen molar-refractivity contribution in [2.45, 2.75) is 97.1 Å². The van der Waals surface area contributed by atoms with Gasteiger partial charge in [0.15, 0.2) is 12.7 Å². The maximum Gasteiger partial charge on any atom is 0.321 e. The van der Waals surface area contributed by atoms with Gasteiger partial charge >= 0.3 is 6.03 Å². The Hall–Kier alpha value is -2.86. The first-order chi connectivity index (χ1) is 19.2. The summed E-state index contributed by atoms with van der Waals surface area (Å²) in [5.41, 5.74) is 5.19. The van der Waals surface area contributed by atoms with E-state index in [0.717, 1.165) is 42.1 Å². The van der Waals surface area contributed by atoms with Crippen molar-refractivity contribution < 1.29 is 14.1 Å². The van der Waals surface area contributed by atoms with E-state index in [2.05, 4.69) is 58.2 Å². The van der Waals surface area contributed by atoms with E-state index >= 15 is 0 Å². The van der Waals surface area contributed by atoms with Crippen LogP contribution >= 0.6 is 11.3 Å². The zero-order chi connectivity index (χ0) is 27.5. The Morgan fingerprint density at radius 1 is 0.872 bits per heavy atom. The van der Waals surface area contributed by atoms with E-state index in [-0.39, 0.29) is 6.03 Å². The quantitative estimate of drug-likeness (QED) is 0.120. The van der Waals surface area contributed by atoms with Crippen LogP contribution in [0.4, 0.5) is 10.5 Å². The molecule has 0 spiro atoms. The van der Waals surface area contributed by atoms with E-state index in [0.29, 0.717) is 6.54 Å². The van der Waals surface area contributed by atoms with Crippen molar-refractivity contribution in [1.82, 2.24) is 5.32 Å². The average molecular weight is 551 g/mol. The van der Waals surface area contributed by atoms with Gasteiger partial charge in [0.05, 0.1) is 18.5 Å². The number of hydrogen-bond donors (Lipinski definition) is 1. The Morgan fingerprint density at radius 3 is 2.15 bits per heavy atom. The van der Waals surface area contributed by atoms with Crippen molar-refractivity contribution in [2.75, 3.05) is 18.6 Å². The second kappa shape index (κ2) is 18.4. The van der Waals surface area contributed by atoms with Crippen molar-refractivity contribution in [3.63, 3.8) is 0 Å². The molecule has 0 unspecified atom stereocenters. The molecule has 2 aromatic carbocycles. The number of nitrogens with one attached hydrogen (secondary N) is 1. The summed E-state index contributed by atoms with van der Waals surface area (Å²) in [6, 6.07) is 16.2. The molecule has 0 aliphatic carbocycles. The summed E-state index contributed by atoms with van der Waals surface area (Å²) < 4.78 is 8.13. The molecule has 0 aliphatic heterocycles. The second-order valence-corrected chi connectivity index (χ2v) is 11.1. The van der Waals surface area contributed by atoms with E-state index in [4.69, 9.17) is 4.74 Å². The lowest BCUT2D eigenvalue weighted by atomic mass is 10.1. The average Bonchev–Trinajstić information content (AvgIpc) is 3.47. The third-order valence-electron chi connectivity index (χ3n) is 7.10. The molecule has 0 fully saturated rings. The van der Waals surface area contributed by atoms with Gasteiger partial charge in [-0.3, -0.25) is 4.90 Å². The standard InChI is InChI=1S/C33H47N3O2S/c1-3-4-5-6-7-8-9-10-11-12-13-14-23-38-32-20-18-29(19-21-32)27-36(33(37)34-2)31-17-15-16-30(25-31)26-35-22-24-39-28-35/h15-22,24-25,28H,3-14,23,26-27H2,1-2H3/p+1. The first-order valence-corrected chi connectivity index (χ1v) is 15.8. The van der Waals surface area contributed by atoms with Crippen LogP contribution in [0.15, 0.2) is 65.6 Å². The largest absolute Gasteiger partial charge is 0.494 e. The number of benzene rings is 2. The van der Waals surface area contributed by atoms with E-state index < -0.39 is 0 Å². The predicted molar refractivity (Wildman–Crippen MR) is 164 cm³/mol. The first-order valence-electron chi connectivity index (χ1n) is 14.9. The Kier molecular flexibility index (Phi) is 14.5. The van der Waals surface area contributed by atoms with Crippen LogP contribution in [0.2, 0.25) is 0 Å². The molecule has 3 aromatic rings. The molecule has 0 bridgehead atoms. The number of hydrogen-bond acceptors (Lipinski definition) is 3. The van der Waals surface area contributed by atoms with Crippen LogP contribution in [0.3, 0.4) is 0 Å². The van der Waals surface area contributed by atoms with E-state index in [1.54, 1.807) is 23.3 Å². The molecule has 2 amide bonds. The fourth-order valence-corrected chi connectivity index (χ4v) is 5.41. The maximum absolute atomic E-state index is 12.7. The summed E-state index contributed by atoms with van der Waals surface area (Å²) >= 11 is 1.67. The van der Waals surface area contributed by atoms with E-state index in [1.165, 1.54) is 70.6 Å². The van der Waals surface area contributed by atoms with Crippen molar-refractivity contribution in [2.24, 2.45) is 0 Å². The Balaban J connectivity index is 1.37. The normalized spacial score (nSPS) is 10.9. The SMILES string of the molecule is CCCCCCCCCCCCCCOc1ccc(CN(C(=O)NC)c2cccc(C[n+]3ccsc3)c2)cc1. The topological polar surface area (TPSA) is 45.5 Å². The van der Waals surface area contributed by atoms with Crippen LogP contribution in [0.5, 0.6) is 5.75 Å². The summed E-state index contributed by atoms with van der Waals surface area (Å²) in [5.74, 6) is 0.892. The Labute approximate surface area is 240 Å². The summed E-state index contributed by atoms with van der Waals surface area (Å²) in [6.45, 7) is 4.31. The van der Waals surface area contributed by atoms with Crippen LogP contribution in [0, 0.1) is 0 Å². The van der Waals surface area contributed by atoms with Gasteiger partial charge in [-0.15, -0.1) is 0 Å². The summed E-state index contributed by atoms with van der Waals surface area (Å²) in [4.78, 5) is 14.5. The number of carbonyl (C=O) groups excluding carboxylic acids is 1. The van der Waals surface area contributed by atoms with Gasteiger partial charge in [0.25, 0.3) is 0 Å². The Bertz CT molecular complexity index is 1050. The number of unbranched alkanes of at least 4 members (excludes halogenated alkanes) is 11. The third-order valence-corrected chi connectivity index (χ3v) is 7.78. The van der Waals surface area contributed by atoms with Crippen LogP contribution in [0.25, 0.3) is 0 Å². The number of aromatic nitrogens is 1. The number of carbonyl (C=O) groups is 1. The summed E-state index contributed by atoms with van der Waals surface area (Å²) in [7, 11) is 1.67. The summed E-state index contributed by atoms with van der Waals surface area (Å²) in [6.07, 6.45) is 18.2. The fourth-order valence-electron chi connectivity index (χ4n) is 4.81. The first kappa shape index (κ1) is 30.7.